The zero-order chi connectivity index (χ0) is 11.3. The predicted molar refractivity (Wildman–Crippen MR) is 69.8 cm³/mol. The van der Waals surface area contributed by atoms with E-state index in [2.05, 4.69) is 30.7 Å². The van der Waals surface area contributed by atoms with Crippen molar-refractivity contribution in [3.8, 4) is 0 Å². The Bertz CT molecular complexity index is 358. The van der Waals surface area contributed by atoms with E-state index >= 15 is 0 Å². The molecule has 0 fully saturated rings. The van der Waals surface area contributed by atoms with Gasteiger partial charge in [0.1, 0.15) is 10.5 Å². The van der Waals surface area contributed by atoms with E-state index in [0.29, 0.717) is 4.64 Å². The zero-order valence-electron chi connectivity index (χ0n) is 9.54. The van der Waals surface area contributed by atoms with Crippen LogP contribution in [-0.4, -0.2) is 15.7 Å². The number of hydrogen-bond acceptors (Lipinski definition) is 3. The molecular formula is C11H18N2S2. The van der Waals surface area contributed by atoms with Crippen molar-refractivity contribution < 1.29 is 0 Å². The van der Waals surface area contributed by atoms with Crippen LogP contribution in [0.3, 0.4) is 0 Å². The molecule has 0 atom stereocenters. The summed E-state index contributed by atoms with van der Waals surface area (Å²) >= 11 is 7.02. The molecule has 1 heterocycles. The van der Waals surface area contributed by atoms with Crippen LogP contribution in [0.2, 0.25) is 0 Å². The van der Waals surface area contributed by atoms with Gasteiger partial charge in [0.05, 0.1) is 5.75 Å². The molecular weight excluding hydrogens is 224 g/mol. The molecule has 0 spiro atoms. The van der Waals surface area contributed by atoms with Gasteiger partial charge in [0, 0.05) is 5.69 Å². The SMILES string of the molecule is CCc1cc(=S)nc(CSCC(C)C)[nH]1. The Hall–Kier alpha value is -0.350. The molecule has 0 aliphatic rings. The average molecular weight is 242 g/mol. The lowest BCUT2D eigenvalue weighted by Gasteiger charge is -2.05. The highest BCUT2D eigenvalue weighted by atomic mass is 32.2. The lowest BCUT2D eigenvalue weighted by Crippen LogP contribution is -1.99. The third-order valence-corrected chi connectivity index (χ3v) is 3.51. The van der Waals surface area contributed by atoms with Crippen molar-refractivity contribution in [3.05, 3.63) is 22.2 Å². The van der Waals surface area contributed by atoms with Crippen molar-refractivity contribution in [1.82, 2.24) is 9.97 Å². The maximum absolute atomic E-state index is 5.11. The first-order valence-electron chi connectivity index (χ1n) is 5.28. The van der Waals surface area contributed by atoms with Crippen molar-refractivity contribution in [2.45, 2.75) is 32.9 Å². The van der Waals surface area contributed by atoms with Crippen molar-refractivity contribution in [3.63, 3.8) is 0 Å². The Morgan fingerprint density at radius 2 is 2.27 bits per heavy atom. The van der Waals surface area contributed by atoms with Crippen molar-refractivity contribution in [2.24, 2.45) is 5.92 Å². The second kappa shape index (κ2) is 6.28. The Labute approximate surface area is 101 Å². The van der Waals surface area contributed by atoms with Crippen LogP contribution in [-0.2, 0) is 12.2 Å². The normalized spacial score (nSPS) is 10.9. The summed E-state index contributed by atoms with van der Waals surface area (Å²) in [6, 6.07) is 1.94. The Morgan fingerprint density at radius 3 is 2.87 bits per heavy atom. The van der Waals surface area contributed by atoms with Crippen LogP contribution >= 0.6 is 24.0 Å². The fraction of sp³-hybridized carbons (Fsp3) is 0.636. The molecule has 15 heavy (non-hydrogen) atoms. The highest BCUT2D eigenvalue weighted by molar-refractivity contribution is 7.98. The summed E-state index contributed by atoms with van der Waals surface area (Å²) in [7, 11) is 0. The van der Waals surface area contributed by atoms with E-state index in [4.69, 9.17) is 12.2 Å². The van der Waals surface area contributed by atoms with E-state index in [9.17, 15) is 0 Å². The Balaban J connectivity index is 2.60. The first-order valence-corrected chi connectivity index (χ1v) is 6.85. The van der Waals surface area contributed by atoms with Crippen LogP contribution in [0, 0.1) is 10.6 Å². The molecule has 1 N–H and O–H groups in total. The van der Waals surface area contributed by atoms with Crippen LogP contribution in [0.25, 0.3) is 0 Å². The van der Waals surface area contributed by atoms with Gasteiger partial charge in [0.2, 0.25) is 0 Å². The third kappa shape index (κ3) is 4.80. The largest absolute Gasteiger partial charge is 0.346 e. The fourth-order valence-electron chi connectivity index (χ4n) is 1.21. The Morgan fingerprint density at radius 1 is 1.53 bits per heavy atom. The molecule has 0 amide bonds. The number of aromatic nitrogens is 2. The molecule has 0 aliphatic carbocycles. The van der Waals surface area contributed by atoms with Gasteiger partial charge in [0.25, 0.3) is 0 Å². The molecule has 0 saturated carbocycles. The standard InChI is InChI=1S/C11H18N2S2/c1-4-9-5-11(14)13-10(12-9)7-15-6-8(2)3/h5,8H,4,6-7H2,1-3H3,(H,12,13,14). The molecule has 4 heteroatoms. The third-order valence-electron chi connectivity index (χ3n) is 1.92. The molecule has 1 rings (SSSR count). The lowest BCUT2D eigenvalue weighted by atomic mass is 10.3. The molecule has 2 nitrogen and oxygen atoms in total. The van der Waals surface area contributed by atoms with Crippen LogP contribution in [0.15, 0.2) is 6.07 Å². The number of aryl methyl sites for hydroxylation is 1. The summed E-state index contributed by atoms with van der Waals surface area (Å²) in [6.45, 7) is 6.57. The summed E-state index contributed by atoms with van der Waals surface area (Å²) in [6.07, 6.45) is 0.980. The number of thioether (sulfide) groups is 1. The van der Waals surface area contributed by atoms with Gasteiger partial charge >= 0.3 is 0 Å². The van der Waals surface area contributed by atoms with Gasteiger partial charge in [-0.2, -0.15) is 11.8 Å². The molecule has 1 aromatic rings. The van der Waals surface area contributed by atoms with Crippen LogP contribution in [0.4, 0.5) is 0 Å². The molecule has 0 aliphatic heterocycles. The van der Waals surface area contributed by atoms with E-state index in [1.165, 1.54) is 11.4 Å². The predicted octanol–water partition coefficient (Wildman–Crippen LogP) is 3.59. The molecule has 0 saturated heterocycles. The topological polar surface area (TPSA) is 28.7 Å². The second-order valence-electron chi connectivity index (χ2n) is 3.95. The summed E-state index contributed by atoms with van der Waals surface area (Å²) in [4.78, 5) is 7.63. The monoisotopic (exact) mass is 242 g/mol. The van der Waals surface area contributed by atoms with Gasteiger partial charge in [-0.15, -0.1) is 0 Å². The maximum atomic E-state index is 5.11. The minimum absolute atomic E-state index is 0.700. The van der Waals surface area contributed by atoms with Crippen molar-refractivity contribution >= 4 is 24.0 Å². The Kier molecular flexibility index (Phi) is 5.32. The van der Waals surface area contributed by atoms with Crippen molar-refractivity contribution in [2.75, 3.05) is 5.75 Å². The number of nitrogens with one attached hydrogen (secondary N) is 1. The lowest BCUT2D eigenvalue weighted by molar-refractivity contribution is 0.749. The quantitative estimate of drug-likeness (QED) is 0.800. The second-order valence-corrected chi connectivity index (χ2v) is 5.40. The number of nitrogens with zero attached hydrogens (tertiary/aromatic N) is 1. The molecule has 0 radical (unpaired) electrons. The maximum Gasteiger partial charge on any atom is 0.130 e. The van der Waals surface area contributed by atoms with Gasteiger partial charge in [-0.25, -0.2) is 4.98 Å². The molecule has 1 aromatic heterocycles. The fourth-order valence-corrected chi connectivity index (χ4v) is 2.39. The van der Waals surface area contributed by atoms with Gasteiger partial charge in [0.15, 0.2) is 0 Å². The average Bonchev–Trinajstić information content (AvgIpc) is 2.16. The number of hydrogen-bond donors (Lipinski definition) is 1. The van der Waals surface area contributed by atoms with Gasteiger partial charge in [-0.1, -0.05) is 33.0 Å². The summed E-state index contributed by atoms with van der Waals surface area (Å²) in [5.74, 6) is 3.83. The van der Waals surface area contributed by atoms with E-state index in [1.807, 2.05) is 17.8 Å². The summed E-state index contributed by atoms with van der Waals surface area (Å²) in [5, 5.41) is 0. The minimum Gasteiger partial charge on any atom is -0.346 e. The molecule has 84 valence electrons. The first kappa shape index (κ1) is 12.7. The van der Waals surface area contributed by atoms with Gasteiger partial charge in [-0.3, -0.25) is 0 Å². The molecule has 0 bridgehead atoms. The highest BCUT2D eigenvalue weighted by Gasteiger charge is 2.00. The van der Waals surface area contributed by atoms with Gasteiger partial charge in [-0.05, 0) is 24.2 Å². The number of rotatable bonds is 5. The highest BCUT2D eigenvalue weighted by Crippen LogP contribution is 2.13. The van der Waals surface area contributed by atoms with Crippen LogP contribution < -0.4 is 0 Å². The van der Waals surface area contributed by atoms with E-state index in [1.54, 1.807) is 0 Å². The molecule has 0 aromatic carbocycles. The minimum atomic E-state index is 0.700. The van der Waals surface area contributed by atoms with E-state index in [0.717, 1.165) is 23.9 Å². The van der Waals surface area contributed by atoms with Crippen LogP contribution in [0.5, 0.6) is 0 Å². The zero-order valence-corrected chi connectivity index (χ0v) is 11.2. The first-order chi connectivity index (χ1) is 7.11. The molecule has 0 unspecified atom stereocenters. The van der Waals surface area contributed by atoms with E-state index in [-0.39, 0.29) is 0 Å². The number of aromatic amines is 1. The van der Waals surface area contributed by atoms with Crippen molar-refractivity contribution in [1.29, 1.82) is 0 Å². The van der Waals surface area contributed by atoms with E-state index < -0.39 is 0 Å². The van der Waals surface area contributed by atoms with Gasteiger partial charge < -0.3 is 4.98 Å². The summed E-state index contributed by atoms with van der Waals surface area (Å²) in [5.41, 5.74) is 1.18. The van der Waals surface area contributed by atoms with Crippen LogP contribution in [0.1, 0.15) is 32.3 Å². The summed E-state index contributed by atoms with van der Waals surface area (Å²) < 4.78 is 0.700. The number of H-pyrrole nitrogens is 1. The smallest absolute Gasteiger partial charge is 0.130 e.